The standard InChI is InChI=1S/C20H20F2N2O5/c1-3-28-15-7-4-13(5-8-15)20(27)23-11-18(25)29-12(2)19(26)24-17-10-14(21)6-9-16(17)22/h4-10,12H,3,11H2,1-2H3,(H,23,27)(H,24,26)/t12-/m1/s1. The average Bonchev–Trinajstić information content (AvgIpc) is 2.69. The van der Waals surface area contributed by atoms with Crippen molar-refractivity contribution in [1.29, 1.82) is 0 Å². The molecule has 0 fully saturated rings. The van der Waals surface area contributed by atoms with Gasteiger partial charge in [0.1, 0.15) is 23.9 Å². The number of amides is 2. The van der Waals surface area contributed by atoms with Gasteiger partial charge < -0.3 is 20.1 Å². The first-order valence-corrected chi connectivity index (χ1v) is 8.76. The van der Waals surface area contributed by atoms with Crippen LogP contribution >= 0.6 is 0 Å². The van der Waals surface area contributed by atoms with Gasteiger partial charge in [-0.3, -0.25) is 14.4 Å². The van der Waals surface area contributed by atoms with E-state index in [9.17, 15) is 23.2 Å². The van der Waals surface area contributed by atoms with Crippen molar-refractivity contribution < 1.29 is 32.6 Å². The van der Waals surface area contributed by atoms with Crippen LogP contribution in [-0.2, 0) is 14.3 Å². The molecule has 1 atom stereocenters. The van der Waals surface area contributed by atoms with E-state index in [1.54, 1.807) is 12.1 Å². The number of hydrogen-bond acceptors (Lipinski definition) is 5. The monoisotopic (exact) mass is 406 g/mol. The molecule has 2 N–H and O–H groups in total. The molecule has 0 bridgehead atoms. The Morgan fingerprint density at radius 3 is 2.41 bits per heavy atom. The van der Waals surface area contributed by atoms with Crippen LogP contribution in [0.3, 0.4) is 0 Å². The molecule has 0 aliphatic rings. The van der Waals surface area contributed by atoms with Gasteiger partial charge in [0.2, 0.25) is 0 Å². The zero-order valence-corrected chi connectivity index (χ0v) is 15.8. The molecular weight excluding hydrogens is 386 g/mol. The average molecular weight is 406 g/mol. The van der Waals surface area contributed by atoms with E-state index in [0.717, 1.165) is 18.2 Å². The second kappa shape index (κ2) is 10.2. The predicted molar refractivity (Wildman–Crippen MR) is 100 cm³/mol. The van der Waals surface area contributed by atoms with E-state index in [2.05, 4.69) is 10.6 Å². The van der Waals surface area contributed by atoms with E-state index in [1.807, 2.05) is 6.92 Å². The number of hydrogen-bond donors (Lipinski definition) is 2. The summed E-state index contributed by atoms with van der Waals surface area (Å²) < 4.78 is 36.8. The van der Waals surface area contributed by atoms with Gasteiger partial charge in [0, 0.05) is 11.6 Å². The molecule has 7 nitrogen and oxygen atoms in total. The van der Waals surface area contributed by atoms with E-state index in [-0.39, 0.29) is 5.69 Å². The summed E-state index contributed by atoms with van der Waals surface area (Å²) in [6.07, 6.45) is -1.28. The lowest BCUT2D eigenvalue weighted by atomic mass is 10.2. The number of ether oxygens (including phenoxy) is 2. The minimum absolute atomic E-state index is 0.314. The van der Waals surface area contributed by atoms with Gasteiger partial charge in [-0.2, -0.15) is 0 Å². The molecule has 29 heavy (non-hydrogen) atoms. The van der Waals surface area contributed by atoms with Crippen molar-refractivity contribution in [2.24, 2.45) is 0 Å². The second-order valence-electron chi connectivity index (χ2n) is 5.89. The fourth-order valence-corrected chi connectivity index (χ4v) is 2.24. The van der Waals surface area contributed by atoms with Crippen LogP contribution in [-0.4, -0.2) is 37.0 Å². The zero-order chi connectivity index (χ0) is 21.4. The van der Waals surface area contributed by atoms with Crippen molar-refractivity contribution >= 4 is 23.5 Å². The number of rotatable bonds is 8. The van der Waals surface area contributed by atoms with Gasteiger partial charge in [0.05, 0.1) is 12.3 Å². The molecule has 0 radical (unpaired) electrons. The SMILES string of the molecule is CCOc1ccc(C(=O)NCC(=O)O[C@H](C)C(=O)Nc2cc(F)ccc2F)cc1. The first-order chi connectivity index (χ1) is 13.8. The number of anilines is 1. The lowest BCUT2D eigenvalue weighted by molar-refractivity contribution is -0.152. The van der Waals surface area contributed by atoms with Crippen LogP contribution in [0.15, 0.2) is 42.5 Å². The van der Waals surface area contributed by atoms with Gasteiger partial charge in [0.25, 0.3) is 11.8 Å². The third-order valence-electron chi connectivity index (χ3n) is 3.68. The smallest absolute Gasteiger partial charge is 0.326 e. The lowest BCUT2D eigenvalue weighted by Gasteiger charge is -2.14. The molecule has 0 saturated carbocycles. The summed E-state index contributed by atoms with van der Waals surface area (Å²) in [5.41, 5.74) is -0.0599. The van der Waals surface area contributed by atoms with E-state index in [4.69, 9.17) is 9.47 Å². The van der Waals surface area contributed by atoms with Crippen LogP contribution in [0, 0.1) is 11.6 Å². The van der Waals surface area contributed by atoms with Gasteiger partial charge >= 0.3 is 5.97 Å². The number of carbonyl (C=O) groups excluding carboxylic acids is 3. The number of halogens is 2. The highest BCUT2D eigenvalue weighted by atomic mass is 19.1. The summed E-state index contributed by atoms with van der Waals surface area (Å²) in [6.45, 7) is 3.12. The minimum Gasteiger partial charge on any atom is -0.494 e. The molecule has 2 aromatic rings. The molecule has 0 spiro atoms. The first-order valence-electron chi connectivity index (χ1n) is 8.76. The van der Waals surface area contributed by atoms with E-state index in [0.29, 0.717) is 17.9 Å². The normalized spacial score (nSPS) is 11.3. The van der Waals surface area contributed by atoms with E-state index < -0.39 is 42.1 Å². The van der Waals surface area contributed by atoms with Crippen LogP contribution in [0.2, 0.25) is 0 Å². The van der Waals surface area contributed by atoms with Crippen molar-refractivity contribution in [2.45, 2.75) is 20.0 Å². The van der Waals surface area contributed by atoms with Crippen LogP contribution in [0.5, 0.6) is 5.75 Å². The Kier molecular flexibility index (Phi) is 7.64. The quantitative estimate of drug-likeness (QED) is 0.658. The van der Waals surface area contributed by atoms with Gasteiger partial charge in [-0.05, 0) is 50.2 Å². The Hall–Kier alpha value is -3.49. The van der Waals surface area contributed by atoms with Crippen LogP contribution in [0.25, 0.3) is 0 Å². The molecule has 9 heteroatoms. The molecule has 2 aromatic carbocycles. The maximum atomic E-state index is 13.6. The number of esters is 1. The maximum absolute atomic E-state index is 13.6. The summed E-state index contributed by atoms with van der Waals surface area (Å²) in [5, 5.41) is 4.50. The van der Waals surface area contributed by atoms with Gasteiger partial charge in [-0.25, -0.2) is 8.78 Å². The summed E-state index contributed by atoms with van der Waals surface area (Å²) in [5.74, 6) is -3.18. The Morgan fingerprint density at radius 2 is 1.76 bits per heavy atom. The molecule has 0 aromatic heterocycles. The van der Waals surface area contributed by atoms with E-state index >= 15 is 0 Å². The highest BCUT2D eigenvalue weighted by molar-refractivity contribution is 5.97. The Bertz CT molecular complexity index is 887. The number of benzene rings is 2. The molecule has 0 aliphatic heterocycles. The molecule has 0 saturated heterocycles. The van der Waals surface area contributed by atoms with Crippen LogP contribution < -0.4 is 15.4 Å². The molecular formula is C20H20F2N2O5. The van der Waals surface area contributed by atoms with Crippen molar-refractivity contribution in [2.75, 3.05) is 18.5 Å². The molecule has 0 unspecified atom stereocenters. The molecule has 2 rings (SSSR count). The second-order valence-corrected chi connectivity index (χ2v) is 5.89. The Balaban J connectivity index is 1.82. The fourth-order valence-electron chi connectivity index (χ4n) is 2.24. The van der Waals surface area contributed by atoms with Crippen molar-refractivity contribution in [3.05, 3.63) is 59.7 Å². The lowest BCUT2D eigenvalue weighted by Crippen LogP contribution is -2.36. The topological polar surface area (TPSA) is 93.7 Å². The van der Waals surface area contributed by atoms with Crippen LogP contribution in [0.4, 0.5) is 14.5 Å². The molecule has 0 heterocycles. The van der Waals surface area contributed by atoms with Gasteiger partial charge in [-0.1, -0.05) is 0 Å². The largest absolute Gasteiger partial charge is 0.494 e. The first kappa shape index (κ1) is 21.8. The van der Waals surface area contributed by atoms with Crippen molar-refractivity contribution in [3.63, 3.8) is 0 Å². The van der Waals surface area contributed by atoms with Crippen molar-refractivity contribution in [1.82, 2.24) is 5.32 Å². The number of carbonyl (C=O) groups is 3. The summed E-state index contributed by atoms with van der Waals surface area (Å²) in [7, 11) is 0. The molecule has 0 aliphatic carbocycles. The highest BCUT2D eigenvalue weighted by Gasteiger charge is 2.20. The predicted octanol–water partition coefficient (Wildman–Crippen LogP) is 2.66. The summed E-state index contributed by atoms with van der Waals surface area (Å²) >= 11 is 0. The highest BCUT2D eigenvalue weighted by Crippen LogP contribution is 2.16. The maximum Gasteiger partial charge on any atom is 0.326 e. The third-order valence-corrected chi connectivity index (χ3v) is 3.68. The zero-order valence-electron chi connectivity index (χ0n) is 15.8. The molecule has 154 valence electrons. The third kappa shape index (κ3) is 6.56. The van der Waals surface area contributed by atoms with Crippen LogP contribution in [0.1, 0.15) is 24.2 Å². The van der Waals surface area contributed by atoms with Crippen molar-refractivity contribution in [3.8, 4) is 5.75 Å². The minimum atomic E-state index is -1.28. The van der Waals surface area contributed by atoms with E-state index in [1.165, 1.54) is 19.1 Å². The summed E-state index contributed by atoms with van der Waals surface area (Å²) in [4.78, 5) is 35.8. The Labute approximate surface area is 166 Å². The summed E-state index contributed by atoms with van der Waals surface area (Å²) in [6, 6.07) is 8.88. The molecule has 2 amide bonds. The number of nitrogens with one attached hydrogen (secondary N) is 2. The fraction of sp³-hybridized carbons (Fsp3) is 0.250. The van der Waals surface area contributed by atoms with Gasteiger partial charge in [0.15, 0.2) is 6.10 Å². The Morgan fingerprint density at radius 1 is 1.07 bits per heavy atom. The van der Waals surface area contributed by atoms with Gasteiger partial charge in [-0.15, -0.1) is 0 Å².